The van der Waals surface area contributed by atoms with Crippen molar-refractivity contribution in [2.24, 2.45) is 0 Å². The van der Waals surface area contributed by atoms with Crippen LogP contribution in [-0.4, -0.2) is 6.54 Å². The van der Waals surface area contributed by atoms with Crippen LogP contribution in [0.4, 0.5) is 4.39 Å². The van der Waals surface area contributed by atoms with E-state index in [1.54, 1.807) is 0 Å². The van der Waals surface area contributed by atoms with Crippen LogP contribution in [0.3, 0.4) is 0 Å². The summed E-state index contributed by atoms with van der Waals surface area (Å²) in [6.07, 6.45) is 5.43. The minimum atomic E-state index is -0.304. The first-order valence-electron chi connectivity index (χ1n) is 6.98. The van der Waals surface area contributed by atoms with Gasteiger partial charge in [-0.1, -0.05) is 50.8 Å². The summed E-state index contributed by atoms with van der Waals surface area (Å²) in [5.74, 6) is -0.304. The number of hydrogen-bond acceptors (Lipinski definition) is 1. The summed E-state index contributed by atoms with van der Waals surface area (Å²) >= 11 is 9.23. The van der Waals surface area contributed by atoms with E-state index in [9.17, 15) is 4.39 Å². The molecule has 1 rings (SSSR count). The lowest BCUT2D eigenvalue weighted by molar-refractivity contribution is 0.454. The van der Waals surface area contributed by atoms with Crippen molar-refractivity contribution >= 4 is 27.5 Å². The summed E-state index contributed by atoms with van der Waals surface area (Å²) < 4.78 is 14.9. The second kappa shape index (κ2) is 8.93. The lowest BCUT2D eigenvalue weighted by atomic mass is 9.99. The molecule has 0 radical (unpaired) electrons. The van der Waals surface area contributed by atoms with Crippen LogP contribution >= 0.6 is 27.5 Å². The summed E-state index contributed by atoms with van der Waals surface area (Å²) in [5.41, 5.74) is 0.678. The second-order valence-electron chi connectivity index (χ2n) is 4.77. The SMILES string of the molecule is CCCCCC(NCCC)c1ccc(Br)c(Cl)c1F. The average molecular weight is 351 g/mol. The Morgan fingerprint density at radius 2 is 2.00 bits per heavy atom. The molecule has 1 unspecified atom stereocenters. The molecule has 1 N–H and O–H groups in total. The second-order valence-corrected chi connectivity index (χ2v) is 6.00. The number of hydrogen-bond donors (Lipinski definition) is 1. The average Bonchev–Trinajstić information content (AvgIpc) is 2.41. The zero-order valence-corrected chi connectivity index (χ0v) is 14.0. The Hall–Kier alpha value is -0.120. The van der Waals surface area contributed by atoms with Crippen molar-refractivity contribution in [3.05, 3.63) is 33.0 Å². The van der Waals surface area contributed by atoms with Crippen molar-refractivity contribution < 1.29 is 4.39 Å². The summed E-state index contributed by atoms with van der Waals surface area (Å²) in [4.78, 5) is 0. The molecule has 0 saturated heterocycles. The van der Waals surface area contributed by atoms with Crippen molar-refractivity contribution in [1.82, 2.24) is 5.32 Å². The van der Waals surface area contributed by atoms with Gasteiger partial charge in [-0.2, -0.15) is 0 Å². The number of rotatable bonds is 8. The Bertz CT molecular complexity index is 398. The molecule has 1 aromatic carbocycles. The summed E-state index contributed by atoms with van der Waals surface area (Å²) in [7, 11) is 0. The van der Waals surface area contributed by atoms with E-state index in [4.69, 9.17) is 11.6 Å². The molecular formula is C15H22BrClFN. The number of unbranched alkanes of at least 4 members (excludes halogenated alkanes) is 2. The molecular weight excluding hydrogens is 329 g/mol. The van der Waals surface area contributed by atoms with Gasteiger partial charge in [-0.3, -0.25) is 0 Å². The van der Waals surface area contributed by atoms with Crippen LogP contribution in [0.25, 0.3) is 0 Å². The van der Waals surface area contributed by atoms with Crippen LogP contribution in [-0.2, 0) is 0 Å². The molecule has 0 heterocycles. The van der Waals surface area contributed by atoms with Gasteiger partial charge in [0.05, 0.1) is 5.02 Å². The number of benzene rings is 1. The van der Waals surface area contributed by atoms with Crippen LogP contribution in [0.2, 0.25) is 5.02 Å². The predicted molar refractivity (Wildman–Crippen MR) is 84.3 cm³/mol. The summed E-state index contributed by atoms with van der Waals surface area (Å²) in [5, 5.41) is 3.60. The Kier molecular flexibility index (Phi) is 7.96. The van der Waals surface area contributed by atoms with E-state index in [-0.39, 0.29) is 16.9 Å². The maximum Gasteiger partial charge on any atom is 0.147 e. The Morgan fingerprint density at radius 1 is 1.26 bits per heavy atom. The van der Waals surface area contributed by atoms with Gasteiger partial charge in [0.1, 0.15) is 5.82 Å². The van der Waals surface area contributed by atoms with Gasteiger partial charge in [-0.05, 0) is 41.4 Å². The van der Waals surface area contributed by atoms with Gasteiger partial charge in [-0.15, -0.1) is 0 Å². The molecule has 0 aliphatic rings. The standard InChI is InChI=1S/C15H22BrClFN/c1-3-5-6-7-13(19-10-4-2)11-8-9-12(16)14(17)15(11)18/h8-9,13,19H,3-7,10H2,1-2H3. The van der Waals surface area contributed by atoms with Gasteiger partial charge < -0.3 is 5.32 Å². The van der Waals surface area contributed by atoms with Crippen LogP contribution in [0.5, 0.6) is 0 Å². The Labute approximate surface area is 129 Å². The van der Waals surface area contributed by atoms with Crippen LogP contribution < -0.4 is 5.32 Å². The molecule has 108 valence electrons. The van der Waals surface area contributed by atoms with E-state index in [0.717, 1.165) is 25.8 Å². The van der Waals surface area contributed by atoms with Crippen LogP contribution in [0.1, 0.15) is 57.6 Å². The number of halogens is 3. The third-order valence-corrected chi connectivity index (χ3v) is 4.44. The first-order chi connectivity index (χ1) is 9.11. The topological polar surface area (TPSA) is 12.0 Å². The van der Waals surface area contributed by atoms with Crippen molar-refractivity contribution in [2.75, 3.05) is 6.54 Å². The molecule has 1 nitrogen and oxygen atoms in total. The fourth-order valence-electron chi connectivity index (χ4n) is 2.09. The Morgan fingerprint density at radius 3 is 2.63 bits per heavy atom. The first kappa shape index (κ1) is 16.9. The molecule has 4 heteroatoms. The van der Waals surface area contributed by atoms with E-state index >= 15 is 0 Å². The predicted octanol–water partition coefficient (Wildman–Crippen LogP) is 5.86. The van der Waals surface area contributed by atoms with Crippen molar-refractivity contribution in [3.8, 4) is 0 Å². The molecule has 0 aliphatic carbocycles. The minimum absolute atomic E-state index is 0.0529. The lowest BCUT2D eigenvalue weighted by Gasteiger charge is -2.20. The smallest absolute Gasteiger partial charge is 0.147 e. The zero-order chi connectivity index (χ0) is 14.3. The minimum Gasteiger partial charge on any atom is -0.310 e. The van der Waals surface area contributed by atoms with E-state index in [2.05, 4.69) is 35.1 Å². The first-order valence-corrected chi connectivity index (χ1v) is 8.15. The highest BCUT2D eigenvalue weighted by molar-refractivity contribution is 9.10. The van der Waals surface area contributed by atoms with Crippen LogP contribution in [0, 0.1) is 5.82 Å². The fraction of sp³-hybridized carbons (Fsp3) is 0.600. The van der Waals surface area contributed by atoms with Gasteiger partial charge in [0, 0.05) is 16.1 Å². The molecule has 0 amide bonds. The molecule has 0 fully saturated rings. The molecule has 0 bridgehead atoms. The molecule has 0 saturated carbocycles. The summed E-state index contributed by atoms with van der Waals surface area (Å²) in [6.45, 7) is 5.18. The maximum absolute atomic E-state index is 14.2. The molecule has 0 spiro atoms. The maximum atomic E-state index is 14.2. The normalized spacial score (nSPS) is 12.7. The zero-order valence-electron chi connectivity index (χ0n) is 11.6. The van der Waals surface area contributed by atoms with Crippen molar-refractivity contribution in [3.63, 3.8) is 0 Å². The van der Waals surface area contributed by atoms with E-state index in [1.807, 2.05) is 12.1 Å². The Balaban J connectivity index is 2.86. The lowest BCUT2D eigenvalue weighted by Crippen LogP contribution is -2.23. The van der Waals surface area contributed by atoms with Gasteiger partial charge in [0.15, 0.2) is 0 Å². The van der Waals surface area contributed by atoms with Gasteiger partial charge >= 0.3 is 0 Å². The fourth-order valence-corrected chi connectivity index (χ4v) is 2.57. The van der Waals surface area contributed by atoms with Crippen molar-refractivity contribution in [1.29, 1.82) is 0 Å². The monoisotopic (exact) mass is 349 g/mol. The number of nitrogens with one attached hydrogen (secondary N) is 1. The van der Waals surface area contributed by atoms with Gasteiger partial charge in [-0.25, -0.2) is 4.39 Å². The van der Waals surface area contributed by atoms with E-state index < -0.39 is 0 Å². The van der Waals surface area contributed by atoms with Crippen LogP contribution in [0.15, 0.2) is 16.6 Å². The summed E-state index contributed by atoms with van der Waals surface area (Å²) in [6, 6.07) is 3.70. The third-order valence-electron chi connectivity index (χ3n) is 3.18. The molecule has 0 aromatic heterocycles. The van der Waals surface area contributed by atoms with Gasteiger partial charge in [0.25, 0.3) is 0 Å². The molecule has 0 aliphatic heterocycles. The highest BCUT2D eigenvalue weighted by Crippen LogP contribution is 2.32. The molecule has 1 aromatic rings. The highest BCUT2D eigenvalue weighted by Gasteiger charge is 2.18. The largest absolute Gasteiger partial charge is 0.310 e. The van der Waals surface area contributed by atoms with E-state index in [0.29, 0.717) is 10.0 Å². The highest BCUT2D eigenvalue weighted by atomic mass is 79.9. The van der Waals surface area contributed by atoms with Crippen molar-refractivity contribution in [2.45, 2.75) is 52.0 Å². The molecule has 1 atom stereocenters. The quantitative estimate of drug-likeness (QED) is 0.457. The van der Waals surface area contributed by atoms with Gasteiger partial charge in [0.2, 0.25) is 0 Å². The molecule has 19 heavy (non-hydrogen) atoms. The third kappa shape index (κ3) is 5.05. The van der Waals surface area contributed by atoms with E-state index in [1.165, 1.54) is 12.8 Å².